The Kier molecular flexibility index (Phi) is 4.41. The minimum Gasteiger partial charge on any atom is -0.467 e. The van der Waals surface area contributed by atoms with Crippen molar-refractivity contribution in [1.29, 1.82) is 0 Å². The number of furan rings is 2. The largest absolute Gasteiger partial charge is 0.467 e. The maximum absolute atomic E-state index is 5.35. The summed E-state index contributed by atoms with van der Waals surface area (Å²) in [5, 5.41) is 3.84. The Morgan fingerprint density at radius 1 is 1.17 bits per heavy atom. The van der Waals surface area contributed by atoms with Gasteiger partial charge in [-0.15, -0.1) is 0 Å². The first-order chi connectivity index (χ1) is 8.79. The molecule has 0 amide bonds. The summed E-state index contributed by atoms with van der Waals surface area (Å²) in [6, 6.07) is 7.61. The van der Waals surface area contributed by atoms with Crippen molar-refractivity contribution in [3.05, 3.63) is 48.3 Å². The van der Waals surface area contributed by atoms with Crippen LogP contribution in [-0.2, 0) is 13.1 Å². The maximum Gasteiger partial charge on any atom is 0.169 e. The van der Waals surface area contributed by atoms with Gasteiger partial charge in [0.25, 0.3) is 0 Å². The molecule has 0 aliphatic heterocycles. The average Bonchev–Trinajstić information content (AvgIpc) is 3.01. The SMILES string of the molecule is CCNC(=S)N(Cc1ccco1)Cc1ccco1. The van der Waals surface area contributed by atoms with Crippen LogP contribution in [0, 0.1) is 0 Å². The lowest BCUT2D eigenvalue weighted by Gasteiger charge is -2.23. The van der Waals surface area contributed by atoms with Crippen LogP contribution in [0.4, 0.5) is 0 Å². The number of hydrogen-bond acceptors (Lipinski definition) is 3. The van der Waals surface area contributed by atoms with Gasteiger partial charge in [0.05, 0.1) is 25.6 Å². The van der Waals surface area contributed by atoms with Crippen LogP contribution in [-0.4, -0.2) is 16.6 Å². The fraction of sp³-hybridized carbons (Fsp3) is 0.308. The van der Waals surface area contributed by atoms with E-state index >= 15 is 0 Å². The van der Waals surface area contributed by atoms with Crippen LogP contribution in [0.3, 0.4) is 0 Å². The van der Waals surface area contributed by atoms with Crippen LogP contribution in [0.25, 0.3) is 0 Å². The quantitative estimate of drug-likeness (QED) is 0.841. The smallest absolute Gasteiger partial charge is 0.169 e. The first-order valence-electron chi connectivity index (χ1n) is 5.87. The molecule has 2 rings (SSSR count). The molecule has 0 unspecified atom stereocenters. The zero-order valence-corrected chi connectivity index (χ0v) is 11.1. The number of hydrogen-bond donors (Lipinski definition) is 1. The van der Waals surface area contributed by atoms with Gasteiger partial charge in [0, 0.05) is 6.54 Å². The molecule has 0 aromatic carbocycles. The summed E-state index contributed by atoms with van der Waals surface area (Å²) in [6.07, 6.45) is 3.33. The van der Waals surface area contributed by atoms with Gasteiger partial charge < -0.3 is 19.1 Å². The molecule has 0 aliphatic carbocycles. The molecule has 2 aromatic heterocycles. The lowest BCUT2D eigenvalue weighted by atomic mass is 10.3. The molecule has 0 atom stereocenters. The highest BCUT2D eigenvalue weighted by Crippen LogP contribution is 2.11. The third-order valence-corrected chi connectivity index (χ3v) is 2.87. The van der Waals surface area contributed by atoms with Crippen molar-refractivity contribution in [2.45, 2.75) is 20.0 Å². The Hall–Kier alpha value is -1.75. The third-order valence-electron chi connectivity index (χ3n) is 2.47. The van der Waals surface area contributed by atoms with E-state index in [1.807, 2.05) is 36.1 Å². The highest BCUT2D eigenvalue weighted by atomic mass is 32.1. The summed E-state index contributed by atoms with van der Waals surface area (Å²) < 4.78 is 10.7. The van der Waals surface area contributed by atoms with Gasteiger partial charge in [0.2, 0.25) is 0 Å². The van der Waals surface area contributed by atoms with Crippen LogP contribution in [0.1, 0.15) is 18.4 Å². The molecule has 18 heavy (non-hydrogen) atoms. The van der Waals surface area contributed by atoms with Crippen molar-refractivity contribution >= 4 is 17.3 Å². The van der Waals surface area contributed by atoms with Gasteiger partial charge in [-0.3, -0.25) is 0 Å². The highest BCUT2D eigenvalue weighted by molar-refractivity contribution is 7.80. The molecule has 0 aliphatic rings. The molecule has 0 saturated carbocycles. The van der Waals surface area contributed by atoms with Crippen molar-refractivity contribution in [2.75, 3.05) is 6.54 Å². The number of thiocarbonyl (C=S) groups is 1. The molecule has 0 spiro atoms. The van der Waals surface area contributed by atoms with Crippen molar-refractivity contribution in [1.82, 2.24) is 10.2 Å². The van der Waals surface area contributed by atoms with E-state index in [0.29, 0.717) is 18.2 Å². The van der Waals surface area contributed by atoms with Crippen LogP contribution < -0.4 is 5.32 Å². The van der Waals surface area contributed by atoms with E-state index in [2.05, 4.69) is 5.32 Å². The van der Waals surface area contributed by atoms with Gasteiger partial charge in [-0.05, 0) is 43.4 Å². The Labute approximate surface area is 112 Å². The average molecular weight is 264 g/mol. The molecule has 2 heterocycles. The summed E-state index contributed by atoms with van der Waals surface area (Å²) in [4.78, 5) is 2.01. The monoisotopic (exact) mass is 264 g/mol. The highest BCUT2D eigenvalue weighted by Gasteiger charge is 2.13. The number of nitrogens with zero attached hydrogens (tertiary/aromatic N) is 1. The van der Waals surface area contributed by atoms with E-state index < -0.39 is 0 Å². The Bertz CT molecular complexity index is 429. The Balaban J connectivity index is 2.04. The Morgan fingerprint density at radius 3 is 2.11 bits per heavy atom. The molecule has 0 bridgehead atoms. The van der Waals surface area contributed by atoms with Crippen LogP contribution in [0.5, 0.6) is 0 Å². The van der Waals surface area contributed by atoms with Crippen LogP contribution in [0.15, 0.2) is 45.6 Å². The van der Waals surface area contributed by atoms with Crippen molar-refractivity contribution in [3.63, 3.8) is 0 Å². The van der Waals surface area contributed by atoms with Gasteiger partial charge in [-0.1, -0.05) is 0 Å². The van der Waals surface area contributed by atoms with Gasteiger partial charge in [-0.2, -0.15) is 0 Å². The predicted molar refractivity (Wildman–Crippen MR) is 72.9 cm³/mol. The van der Waals surface area contributed by atoms with Crippen LogP contribution in [0.2, 0.25) is 0 Å². The molecular formula is C13H16N2O2S. The first kappa shape index (κ1) is 12.7. The molecule has 1 N–H and O–H groups in total. The third kappa shape index (κ3) is 3.37. The number of nitrogens with one attached hydrogen (secondary N) is 1. The summed E-state index contributed by atoms with van der Waals surface area (Å²) in [5.41, 5.74) is 0. The first-order valence-corrected chi connectivity index (χ1v) is 6.28. The second-order valence-electron chi connectivity index (χ2n) is 3.85. The fourth-order valence-electron chi connectivity index (χ4n) is 1.64. The molecule has 0 radical (unpaired) electrons. The van der Waals surface area contributed by atoms with E-state index in [9.17, 15) is 0 Å². The normalized spacial score (nSPS) is 10.3. The summed E-state index contributed by atoms with van der Waals surface area (Å²) in [7, 11) is 0. The fourth-order valence-corrected chi connectivity index (χ4v) is 1.92. The zero-order valence-electron chi connectivity index (χ0n) is 10.3. The van der Waals surface area contributed by atoms with Crippen molar-refractivity contribution in [3.8, 4) is 0 Å². The molecule has 0 fully saturated rings. The van der Waals surface area contributed by atoms with E-state index in [1.165, 1.54) is 0 Å². The Morgan fingerprint density at radius 2 is 1.72 bits per heavy atom. The summed E-state index contributed by atoms with van der Waals surface area (Å²) in [6.45, 7) is 4.06. The number of rotatable bonds is 5. The summed E-state index contributed by atoms with van der Waals surface area (Å²) in [5.74, 6) is 1.75. The lowest BCUT2D eigenvalue weighted by Crippen LogP contribution is -2.38. The van der Waals surface area contributed by atoms with E-state index in [0.717, 1.165) is 18.1 Å². The molecule has 5 heteroatoms. The van der Waals surface area contributed by atoms with E-state index in [-0.39, 0.29) is 0 Å². The predicted octanol–water partition coefficient (Wildman–Crippen LogP) is 2.77. The summed E-state index contributed by atoms with van der Waals surface area (Å²) >= 11 is 5.35. The maximum atomic E-state index is 5.35. The van der Waals surface area contributed by atoms with Crippen molar-refractivity contribution in [2.24, 2.45) is 0 Å². The second-order valence-corrected chi connectivity index (χ2v) is 4.24. The van der Waals surface area contributed by atoms with E-state index in [4.69, 9.17) is 21.1 Å². The molecule has 2 aromatic rings. The van der Waals surface area contributed by atoms with Crippen molar-refractivity contribution < 1.29 is 8.83 Å². The lowest BCUT2D eigenvalue weighted by molar-refractivity contribution is 0.322. The van der Waals surface area contributed by atoms with Crippen LogP contribution >= 0.6 is 12.2 Å². The van der Waals surface area contributed by atoms with Gasteiger partial charge in [0.1, 0.15) is 11.5 Å². The molecule has 0 saturated heterocycles. The second kappa shape index (κ2) is 6.26. The molecular weight excluding hydrogens is 248 g/mol. The van der Waals surface area contributed by atoms with Gasteiger partial charge in [0.15, 0.2) is 5.11 Å². The minimum atomic E-state index is 0.625. The topological polar surface area (TPSA) is 41.5 Å². The zero-order chi connectivity index (χ0) is 12.8. The van der Waals surface area contributed by atoms with E-state index in [1.54, 1.807) is 12.5 Å². The van der Waals surface area contributed by atoms with Gasteiger partial charge >= 0.3 is 0 Å². The van der Waals surface area contributed by atoms with Gasteiger partial charge in [-0.25, -0.2) is 0 Å². The molecule has 96 valence electrons. The minimum absolute atomic E-state index is 0.625. The molecule has 4 nitrogen and oxygen atoms in total. The standard InChI is InChI=1S/C13H16N2O2S/c1-2-14-13(18)15(9-11-5-3-7-16-11)10-12-6-4-8-17-12/h3-8H,2,9-10H2,1H3,(H,14,18).